The lowest BCUT2D eigenvalue weighted by Gasteiger charge is -2.25. The molecular formula is C11H18N4S. The molecule has 0 amide bonds. The zero-order valence-corrected chi connectivity index (χ0v) is 10.7. The summed E-state index contributed by atoms with van der Waals surface area (Å²) in [5.41, 5.74) is 6.04. The highest BCUT2D eigenvalue weighted by atomic mass is 32.2. The van der Waals surface area contributed by atoms with Crippen LogP contribution in [0.3, 0.4) is 0 Å². The lowest BCUT2D eigenvalue weighted by atomic mass is 10.2. The van der Waals surface area contributed by atoms with Crippen molar-refractivity contribution in [3.05, 3.63) is 23.9 Å². The Morgan fingerprint density at radius 3 is 2.75 bits per heavy atom. The minimum absolute atomic E-state index is 0.0545. The topological polar surface area (TPSA) is 66.0 Å². The molecule has 0 fully saturated rings. The van der Waals surface area contributed by atoms with Crippen LogP contribution in [0.4, 0.5) is 5.82 Å². The van der Waals surface area contributed by atoms with Gasteiger partial charge in [-0.25, -0.2) is 4.98 Å². The normalized spacial score (nSPS) is 12.2. The van der Waals surface area contributed by atoms with Gasteiger partial charge in [-0.15, -0.1) is 0 Å². The summed E-state index contributed by atoms with van der Waals surface area (Å²) in [4.78, 5) is 6.42. The van der Waals surface area contributed by atoms with Crippen molar-refractivity contribution in [2.45, 2.75) is 13.0 Å². The molecule has 0 bridgehead atoms. The van der Waals surface area contributed by atoms with Crippen LogP contribution in [0.5, 0.6) is 0 Å². The minimum Gasteiger partial charge on any atom is -0.384 e. The molecule has 3 N–H and O–H groups in total. The lowest BCUT2D eigenvalue weighted by Crippen LogP contribution is -2.31. The van der Waals surface area contributed by atoms with E-state index in [1.807, 2.05) is 30.9 Å². The van der Waals surface area contributed by atoms with Gasteiger partial charge in [0.05, 0.1) is 0 Å². The second-order valence-electron chi connectivity index (χ2n) is 3.73. The number of hydrogen-bond acceptors (Lipinski definition) is 4. The van der Waals surface area contributed by atoms with E-state index in [9.17, 15) is 0 Å². The van der Waals surface area contributed by atoms with Crippen LogP contribution >= 0.6 is 11.8 Å². The van der Waals surface area contributed by atoms with Gasteiger partial charge in [-0.1, -0.05) is 0 Å². The highest BCUT2D eigenvalue weighted by molar-refractivity contribution is 7.98. The molecule has 0 saturated heterocycles. The van der Waals surface area contributed by atoms with Crippen molar-refractivity contribution in [1.29, 1.82) is 5.41 Å². The highest BCUT2D eigenvalue weighted by Gasteiger charge is 2.10. The Balaban J connectivity index is 2.77. The van der Waals surface area contributed by atoms with Gasteiger partial charge in [-0.05, 0) is 25.3 Å². The van der Waals surface area contributed by atoms with Crippen molar-refractivity contribution < 1.29 is 0 Å². The Hall–Kier alpha value is -1.23. The molecule has 5 heteroatoms. The molecule has 0 aliphatic rings. The Labute approximate surface area is 101 Å². The van der Waals surface area contributed by atoms with Crippen LogP contribution in [0.25, 0.3) is 0 Å². The standard InChI is InChI=1S/C11H18N4S/c1-8(7-16-3)15(2)10-5-4-9(6-14-10)11(12)13/h4-6,8H,7H2,1-3H3,(H3,12,13). The Bertz CT molecular complexity index is 350. The number of thioether (sulfide) groups is 1. The van der Waals surface area contributed by atoms with Gasteiger partial charge in [0.1, 0.15) is 11.7 Å². The van der Waals surface area contributed by atoms with Gasteiger partial charge >= 0.3 is 0 Å². The molecule has 0 radical (unpaired) electrons. The number of aromatic nitrogens is 1. The number of nitrogens with two attached hydrogens (primary N) is 1. The molecule has 88 valence electrons. The molecule has 1 rings (SSSR count). The molecule has 0 spiro atoms. The smallest absolute Gasteiger partial charge is 0.128 e. The number of anilines is 1. The third-order valence-electron chi connectivity index (χ3n) is 2.49. The van der Waals surface area contributed by atoms with Gasteiger partial charge in [0.25, 0.3) is 0 Å². The summed E-state index contributed by atoms with van der Waals surface area (Å²) < 4.78 is 0. The molecule has 16 heavy (non-hydrogen) atoms. The van der Waals surface area contributed by atoms with Crippen LogP contribution in [-0.4, -0.2) is 35.9 Å². The summed E-state index contributed by atoms with van der Waals surface area (Å²) in [6.45, 7) is 2.16. The van der Waals surface area contributed by atoms with Crippen LogP contribution in [0.1, 0.15) is 12.5 Å². The van der Waals surface area contributed by atoms with Crippen LogP contribution < -0.4 is 10.6 Å². The number of nitrogens with zero attached hydrogens (tertiary/aromatic N) is 2. The van der Waals surface area contributed by atoms with Crippen LogP contribution in [0, 0.1) is 5.41 Å². The first kappa shape index (κ1) is 12.8. The van der Waals surface area contributed by atoms with Gasteiger partial charge in [0, 0.05) is 30.6 Å². The first-order valence-electron chi connectivity index (χ1n) is 5.08. The maximum Gasteiger partial charge on any atom is 0.128 e. The van der Waals surface area contributed by atoms with E-state index < -0.39 is 0 Å². The average molecular weight is 238 g/mol. The van der Waals surface area contributed by atoms with E-state index in [4.69, 9.17) is 11.1 Å². The Morgan fingerprint density at radius 1 is 1.62 bits per heavy atom. The number of rotatable bonds is 5. The Kier molecular flexibility index (Phi) is 4.61. The second-order valence-corrected chi connectivity index (χ2v) is 4.64. The molecule has 0 aromatic carbocycles. The SMILES string of the molecule is CSCC(C)N(C)c1ccc(C(=N)N)cn1. The van der Waals surface area contributed by atoms with E-state index >= 15 is 0 Å². The summed E-state index contributed by atoms with van der Waals surface area (Å²) in [5, 5.41) is 7.28. The number of pyridine rings is 1. The summed E-state index contributed by atoms with van der Waals surface area (Å²) in [5.74, 6) is 2.03. The maximum absolute atomic E-state index is 7.28. The van der Waals surface area contributed by atoms with Crippen LogP contribution in [0.15, 0.2) is 18.3 Å². The summed E-state index contributed by atoms with van der Waals surface area (Å²) in [6.07, 6.45) is 3.73. The molecule has 0 saturated carbocycles. The largest absolute Gasteiger partial charge is 0.384 e. The van der Waals surface area contributed by atoms with E-state index in [0.29, 0.717) is 11.6 Å². The molecule has 0 aliphatic carbocycles. The summed E-state index contributed by atoms with van der Waals surface area (Å²) in [6, 6.07) is 4.16. The molecule has 1 aromatic heterocycles. The number of nitrogen functional groups attached to an aromatic ring is 1. The average Bonchev–Trinajstić information content (AvgIpc) is 2.28. The molecular weight excluding hydrogens is 220 g/mol. The van der Waals surface area contributed by atoms with Crippen molar-refractivity contribution in [1.82, 2.24) is 4.98 Å². The molecule has 0 aliphatic heterocycles. The van der Waals surface area contributed by atoms with E-state index in [2.05, 4.69) is 23.1 Å². The quantitative estimate of drug-likeness (QED) is 0.603. The maximum atomic E-state index is 7.28. The zero-order chi connectivity index (χ0) is 12.1. The van der Waals surface area contributed by atoms with Gasteiger partial charge in [-0.2, -0.15) is 11.8 Å². The number of hydrogen-bond donors (Lipinski definition) is 2. The van der Waals surface area contributed by atoms with Crippen LogP contribution in [-0.2, 0) is 0 Å². The fourth-order valence-electron chi connectivity index (χ4n) is 1.33. The molecule has 1 unspecified atom stereocenters. The summed E-state index contributed by atoms with van der Waals surface area (Å²) >= 11 is 1.82. The second kappa shape index (κ2) is 5.75. The number of nitrogens with one attached hydrogen (secondary N) is 1. The predicted molar refractivity (Wildman–Crippen MR) is 71.5 cm³/mol. The lowest BCUT2D eigenvalue weighted by molar-refractivity contribution is 0.753. The highest BCUT2D eigenvalue weighted by Crippen LogP contribution is 2.14. The van der Waals surface area contributed by atoms with E-state index in [-0.39, 0.29) is 5.84 Å². The third-order valence-corrected chi connectivity index (χ3v) is 3.31. The van der Waals surface area contributed by atoms with Gasteiger partial charge in [-0.3, -0.25) is 5.41 Å². The van der Waals surface area contributed by atoms with Crippen molar-refractivity contribution in [2.75, 3.05) is 24.0 Å². The zero-order valence-electron chi connectivity index (χ0n) is 9.90. The first-order chi connectivity index (χ1) is 7.56. The summed E-state index contributed by atoms with van der Waals surface area (Å²) in [7, 11) is 2.02. The predicted octanol–water partition coefficient (Wildman–Crippen LogP) is 1.55. The van der Waals surface area contributed by atoms with Crippen molar-refractivity contribution in [3.63, 3.8) is 0 Å². The molecule has 1 aromatic rings. The fourth-order valence-corrected chi connectivity index (χ4v) is 2.04. The first-order valence-corrected chi connectivity index (χ1v) is 6.48. The van der Waals surface area contributed by atoms with E-state index in [1.54, 1.807) is 6.20 Å². The van der Waals surface area contributed by atoms with Crippen LogP contribution in [0.2, 0.25) is 0 Å². The van der Waals surface area contributed by atoms with Gasteiger partial charge in [0.15, 0.2) is 0 Å². The molecule has 1 heterocycles. The van der Waals surface area contributed by atoms with E-state index in [0.717, 1.165) is 11.6 Å². The Morgan fingerprint density at radius 2 is 2.31 bits per heavy atom. The third kappa shape index (κ3) is 3.13. The monoisotopic (exact) mass is 238 g/mol. The van der Waals surface area contributed by atoms with Gasteiger partial charge in [0.2, 0.25) is 0 Å². The minimum atomic E-state index is 0.0545. The number of amidine groups is 1. The fraction of sp³-hybridized carbons (Fsp3) is 0.455. The van der Waals surface area contributed by atoms with E-state index in [1.165, 1.54) is 0 Å². The van der Waals surface area contributed by atoms with Crippen molar-refractivity contribution in [3.8, 4) is 0 Å². The van der Waals surface area contributed by atoms with Gasteiger partial charge < -0.3 is 10.6 Å². The molecule has 4 nitrogen and oxygen atoms in total. The van der Waals surface area contributed by atoms with Crippen molar-refractivity contribution in [2.24, 2.45) is 5.73 Å². The molecule has 1 atom stereocenters. The van der Waals surface area contributed by atoms with Crippen molar-refractivity contribution >= 4 is 23.4 Å².